The Hall–Kier alpha value is -1.81. The Labute approximate surface area is 150 Å². The van der Waals surface area contributed by atoms with Crippen LogP contribution in [0.2, 0.25) is 5.15 Å². The van der Waals surface area contributed by atoms with Gasteiger partial charge in [0.25, 0.3) is 0 Å². The first-order valence-electron chi connectivity index (χ1n) is 8.95. The summed E-state index contributed by atoms with van der Waals surface area (Å²) in [5, 5.41) is 0.332. The molecule has 5 heteroatoms. The fourth-order valence-corrected chi connectivity index (χ4v) is 3.42. The van der Waals surface area contributed by atoms with Gasteiger partial charge in [-0.3, -0.25) is 0 Å². The molecule has 0 radical (unpaired) electrons. The van der Waals surface area contributed by atoms with Crippen LogP contribution in [-0.2, 0) is 6.42 Å². The van der Waals surface area contributed by atoms with E-state index >= 15 is 0 Å². The fourth-order valence-electron chi connectivity index (χ4n) is 3.22. The topological polar surface area (TPSA) is 38.2 Å². The van der Waals surface area contributed by atoms with Crippen molar-refractivity contribution in [1.82, 2.24) is 9.97 Å². The van der Waals surface area contributed by atoms with Crippen LogP contribution in [0.5, 0.6) is 5.75 Å². The van der Waals surface area contributed by atoms with Crippen LogP contribution < -0.4 is 9.64 Å². The van der Waals surface area contributed by atoms with Crippen molar-refractivity contribution >= 4 is 17.4 Å². The molecule has 3 rings (SSSR count). The van der Waals surface area contributed by atoms with Crippen LogP contribution in [0.3, 0.4) is 0 Å². The Bertz CT molecular complexity index is 690. The summed E-state index contributed by atoms with van der Waals surface area (Å²) in [6.07, 6.45) is 6.13. The van der Waals surface area contributed by atoms with Crippen molar-refractivity contribution < 1.29 is 6.11 Å². The van der Waals surface area contributed by atoms with Gasteiger partial charge in [0.15, 0.2) is 16.7 Å². The maximum atomic E-state index is 8.76. The van der Waals surface area contributed by atoms with Gasteiger partial charge < -0.3 is 9.64 Å². The minimum Gasteiger partial charge on any atom is -0.490 e. The molecule has 0 bridgehead atoms. The number of piperidine rings is 1. The Kier molecular flexibility index (Phi) is 5.45. The van der Waals surface area contributed by atoms with Crippen molar-refractivity contribution in [2.24, 2.45) is 5.89 Å². The van der Waals surface area contributed by atoms with Crippen molar-refractivity contribution in [3.63, 3.8) is 0 Å². The van der Waals surface area contributed by atoms with Gasteiger partial charge in [-0.2, -0.15) is 0 Å². The molecule has 0 atom stereocenters. The minimum absolute atomic E-state index is 0.332. The molecule has 0 aliphatic carbocycles. The zero-order valence-electron chi connectivity index (χ0n) is 15.0. The number of benzene rings is 1. The molecule has 0 N–H and O–H groups in total. The van der Waals surface area contributed by atoms with E-state index in [2.05, 4.69) is 39.1 Å². The molecule has 0 spiro atoms. The van der Waals surface area contributed by atoms with Gasteiger partial charge in [-0.25, -0.2) is 9.97 Å². The molecule has 0 saturated carbocycles. The molecule has 128 valence electrons. The van der Waals surface area contributed by atoms with Crippen LogP contribution in [0.1, 0.15) is 32.6 Å². The van der Waals surface area contributed by atoms with Gasteiger partial charge in [-0.05, 0) is 43.6 Å². The number of anilines is 1. The number of methoxy groups -OCH3 is 1. The molecule has 4 nitrogen and oxygen atoms in total. The molecular weight excluding hydrogens is 322 g/mol. The molecule has 1 aromatic carbocycles. The molecule has 24 heavy (non-hydrogen) atoms. The molecule has 2 heterocycles. The van der Waals surface area contributed by atoms with E-state index in [0.717, 1.165) is 51.0 Å². The summed E-state index contributed by atoms with van der Waals surface area (Å²) in [6, 6.07) is 10.5. The number of hydrogen-bond donors (Lipinski definition) is 0. The molecule has 1 saturated heterocycles. The second kappa shape index (κ2) is 8.34. The summed E-state index contributed by atoms with van der Waals surface area (Å²) in [5.74, 6) is 0.898. The van der Waals surface area contributed by atoms with E-state index < -0.39 is 0 Å². The molecule has 1 fully saturated rings. The number of hydrogen-bond acceptors (Lipinski definition) is 4. The Morgan fingerprint density at radius 1 is 1.25 bits per heavy atom. The summed E-state index contributed by atoms with van der Waals surface area (Å²) in [6.45, 7) is 1.58. The second-order valence-corrected chi connectivity index (χ2v) is 6.46. The smallest absolute Gasteiger partial charge is 0.199 e. The zero-order chi connectivity index (χ0) is 17.7. The third-order valence-electron chi connectivity index (χ3n) is 4.55. The third kappa shape index (κ3) is 4.18. The average Bonchev–Trinajstić information content (AvgIpc) is 2.63. The van der Waals surface area contributed by atoms with Crippen LogP contribution in [0.15, 0.2) is 36.7 Å². The standard InChI is InChI=1S/C19H24ClN3O/c1-24-17-18(20)21-14-22-19(17)23-12-10-16(11-13-23)9-5-8-15-6-3-2-4-7-15/h2-4,6-7,14,16H,5,8-13H2,1H3/i16D. The van der Waals surface area contributed by atoms with E-state index in [0.29, 0.717) is 10.9 Å². The summed E-state index contributed by atoms with van der Waals surface area (Å²) >= 11 is 6.09. The van der Waals surface area contributed by atoms with Crippen molar-refractivity contribution in [2.45, 2.75) is 32.1 Å². The Morgan fingerprint density at radius 3 is 2.71 bits per heavy atom. The van der Waals surface area contributed by atoms with Gasteiger partial charge in [0, 0.05) is 14.5 Å². The lowest BCUT2D eigenvalue weighted by molar-refractivity contribution is 0.365. The monoisotopic (exact) mass is 346 g/mol. The summed E-state index contributed by atoms with van der Waals surface area (Å²) < 4.78 is 14.1. The van der Waals surface area contributed by atoms with Crippen molar-refractivity contribution in [1.29, 1.82) is 0 Å². The van der Waals surface area contributed by atoms with E-state index in [-0.39, 0.29) is 5.89 Å². The molecule has 1 aliphatic heterocycles. The number of aromatic nitrogens is 2. The van der Waals surface area contributed by atoms with Gasteiger partial charge >= 0.3 is 0 Å². The van der Waals surface area contributed by atoms with Gasteiger partial charge in [0.2, 0.25) is 0 Å². The van der Waals surface area contributed by atoms with Crippen LogP contribution in [0, 0.1) is 5.89 Å². The summed E-state index contributed by atoms with van der Waals surface area (Å²) in [5.41, 5.74) is 1.35. The van der Waals surface area contributed by atoms with Gasteiger partial charge in [-0.15, -0.1) is 0 Å². The number of nitrogens with zero attached hydrogens (tertiary/aromatic N) is 3. The number of ether oxygens (including phenoxy) is 1. The predicted molar refractivity (Wildman–Crippen MR) is 97.9 cm³/mol. The molecule has 2 aromatic rings. The van der Waals surface area contributed by atoms with E-state index in [9.17, 15) is 0 Å². The third-order valence-corrected chi connectivity index (χ3v) is 4.82. The lowest BCUT2D eigenvalue weighted by atomic mass is 9.91. The SMILES string of the molecule is [2H]C1(CCCc2ccccc2)CCN(c2ncnc(Cl)c2OC)CC1. The maximum Gasteiger partial charge on any atom is 0.199 e. The number of aryl methyl sites for hydroxylation is 1. The predicted octanol–water partition coefficient (Wildman–Crippen LogP) is 4.38. The Balaban J connectivity index is 1.55. The fraction of sp³-hybridized carbons (Fsp3) is 0.474. The average molecular weight is 347 g/mol. The molecule has 1 aliphatic rings. The second-order valence-electron chi connectivity index (χ2n) is 6.10. The molecular formula is C19H24ClN3O. The Morgan fingerprint density at radius 2 is 2.00 bits per heavy atom. The molecule has 1 aromatic heterocycles. The van der Waals surface area contributed by atoms with Crippen molar-refractivity contribution in [3.05, 3.63) is 47.4 Å². The molecule has 0 unspecified atom stereocenters. The highest BCUT2D eigenvalue weighted by atomic mass is 35.5. The van der Waals surface area contributed by atoms with Crippen molar-refractivity contribution in [3.8, 4) is 5.75 Å². The first-order chi connectivity index (χ1) is 12.1. The largest absolute Gasteiger partial charge is 0.490 e. The van der Waals surface area contributed by atoms with Crippen LogP contribution in [0.4, 0.5) is 5.82 Å². The maximum absolute atomic E-state index is 8.76. The highest BCUT2D eigenvalue weighted by Gasteiger charge is 2.23. The normalized spacial score (nSPS) is 17.4. The summed E-state index contributed by atoms with van der Waals surface area (Å²) in [4.78, 5) is 10.4. The van der Waals surface area contributed by atoms with Crippen LogP contribution in [0.25, 0.3) is 0 Å². The van der Waals surface area contributed by atoms with Gasteiger partial charge in [-0.1, -0.05) is 41.9 Å². The lowest BCUT2D eigenvalue weighted by Gasteiger charge is -2.33. The first-order valence-corrected chi connectivity index (χ1v) is 8.82. The van der Waals surface area contributed by atoms with Crippen LogP contribution in [-0.4, -0.2) is 30.2 Å². The van der Waals surface area contributed by atoms with E-state index in [1.807, 2.05) is 6.07 Å². The zero-order valence-corrected chi connectivity index (χ0v) is 14.8. The van der Waals surface area contributed by atoms with Gasteiger partial charge in [0.1, 0.15) is 6.33 Å². The van der Waals surface area contributed by atoms with Gasteiger partial charge in [0.05, 0.1) is 7.11 Å². The van der Waals surface area contributed by atoms with E-state index in [1.54, 1.807) is 7.11 Å². The highest BCUT2D eigenvalue weighted by Crippen LogP contribution is 2.34. The lowest BCUT2D eigenvalue weighted by Crippen LogP contribution is -2.34. The van der Waals surface area contributed by atoms with Crippen molar-refractivity contribution in [2.75, 3.05) is 25.1 Å². The minimum atomic E-state index is -0.352. The molecule has 0 amide bonds. The van der Waals surface area contributed by atoms with Crippen LogP contribution >= 0.6 is 11.6 Å². The number of rotatable bonds is 6. The van der Waals surface area contributed by atoms with E-state index in [4.69, 9.17) is 17.7 Å². The van der Waals surface area contributed by atoms with E-state index in [1.165, 1.54) is 11.9 Å². The summed E-state index contributed by atoms with van der Waals surface area (Å²) in [7, 11) is 1.58. The highest BCUT2D eigenvalue weighted by molar-refractivity contribution is 6.31. The quantitative estimate of drug-likeness (QED) is 0.727. The first kappa shape index (κ1) is 15.7. The number of halogens is 1.